The van der Waals surface area contributed by atoms with Gasteiger partial charge in [0.05, 0.1) is 6.26 Å². The van der Waals surface area contributed by atoms with E-state index >= 15 is 0 Å². The van der Waals surface area contributed by atoms with Gasteiger partial charge in [0, 0.05) is 5.56 Å². The summed E-state index contributed by atoms with van der Waals surface area (Å²) >= 11 is 0. The first-order valence-corrected chi connectivity index (χ1v) is 5.47. The predicted octanol–water partition coefficient (Wildman–Crippen LogP) is 4.37. The Kier molecular flexibility index (Phi) is 2.34. The van der Waals surface area contributed by atoms with E-state index in [1.807, 2.05) is 6.07 Å². The maximum atomic E-state index is 5.60. The molecule has 1 aromatic rings. The van der Waals surface area contributed by atoms with Crippen LogP contribution < -0.4 is 0 Å². The molecule has 1 atom stereocenters. The van der Waals surface area contributed by atoms with E-state index in [0.717, 1.165) is 5.76 Å². The fourth-order valence-corrected chi connectivity index (χ4v) is 1.91. The molecule has 80 valence electrons. The average Bonchev–Trinajstić information content (AvgIpc) is 2.51. The fourth-order valence-electron chi connectivity index (χ4n) is 1.91. The van der Waals surface area contributed by atoms with Gasteiger partial charge in [-0.25, -0.2) is 0 Å². The maximum absolute atomic E-state index is 5.60. The molecule has 0 aliphatic heterocycles. The Hall–Kier alpha value is -1.24. The van der Waals surface area contributed by atoms with Crippen molar-refractivity contribution < 1.29 is 4.42 Å². The highest BCUT2D eigenvalue weighted by atomic mass is 16.3. The highest BCUT2D eigenvalue weighted by Gasteiger charge is 2.24. The van der Waals surface area contributed by atoms with Crippen molar-refractivity contribution in [3.05, 3.63) is 35.8 Å². The van der Waals surface area contributed by atoms with E-state index in [2.05, 4.69) is 45.9 Å². The molecule has 15 heavy (non-hydrogen) atoms. The lowest BCUT2D eigenvalue weighted by atomic mass is 9.83. The summed E-state index contributed by atoms with van der Waals surface area (Å²) in [5.41, 5.74) is 2.63. The quantitative estimate of drug-likeness (QED) is 0.608. The van der Waals surface area contributed by atoms with E-state index in [0.29, 0.717) is 5.92 Å². The van der Waals surface area contributed by atoms with Crippen LogP contribution in [0.4, 0.5) is 0 Å². The molecule has 0 radical (unpaired) electrons. The van der Waals surface area contributed by atoms with Gasteiger partial charge in [0.15, 0.2) is 0 Å². The molecule has 1 unspecified atom stereocenters. The zero-order valence-corrected chi connectivity index (χ0v) is 9.87. The highest BCUT2D eigenvalue weighted by Crippen LogP contribution is 2.39. The third-order valence-corrected chi connectivity index (χ3v) is 2.76. The number of rotatable bonds is 0. The number of fused-ring (bicyclic) bond motifs is 1. The van der Waals surface area contributed by atoms with Crippen molar-refractivity contribution in [3.63, 3.8) is 0 Å². The molecule has 0 saturated carbocycles. The molecule has 1 aromatic heterocycles. The summed E-state index contributed by atoms with van der Waals surface area (Å²) in [4.78, 5) is 0. The molecule has 0 saturated heterocycles. The van der Waals surface area contributed by atoms with Crippen molar-refractivity contribution in [2.75, 3.05) is 0 Å². The summed E-state index contributed by atoms with van der Waals surface area (Å²) in [6.07, 6.45) is 8.43. The molecule has 1 aliphatic rings. The Morgan fingerprint density at radius 3 is 2.67 bits per heavy atom. The van der Waals surface area contributed by atoms with Gasteiger partial charge in [-0.1, -0.05) is 45.9 Å². The van der Waals surface area contributed by atoms with E-state index in [9.17, 15) is 0 Å². The second-order valence-electron chi connectivity index (χ2n) is 5.25. The van der Waals surface area contributed by atoms with Crippen LogP contribution in [0.2, 0.25) is 0 Å². The predicted molar refractivity (Wildman–Crippen MR) is 64.3 cm³/mol. The molecule has 1 aliphatic carbocycles. The van der Waals surface area contributed by atoms with Crippen LogP contribution in [-0.2, 0) is 0 Å². The van der Waals surface area contributed by atoms with Gasteiger partial charge < -0.3 is 4.42 Å². The van der Waals surface area contributed by atoms with E-state index in [1.54, 1.807) is 6.26 Å². The van der Waals surface area contributed by atoms with E-state index < -0.39 is 0 Å². The zero-order chi connectivity index (χ0) is 11.1. The number of furan rings is 1. The lowest BCUT2D eigenvalue weighted by Crippen LogP contribution is -2.09. The summed E-state index contributed by atoms with van der Waals surface area (Å²) < 4.78 is 5.60. The monoisotopic (exact) mass is 202 g/mol. The Bertz CT molecular complexity index is 413. The van der Waals surface area contributed by atoms with Crippen molar-refractivity contribution in [1.29, 1.82) is 0 Å². The fraction of sp³-hybridized carbons (Fsp3) is 0.429. The second kappa shape index (κ2) is 3.41. The van der Waals surface area contributed by atoms with Gasteiger partial charge in [0.2, 0.25) is 0 Å². The van der Waals surface area contributed by atoms with Crippen molar-refractivity contribution in [2.24, 2.45) is 11.3 Å². The van der Waals surface area contributed by atoms with Crippen LogP contribution in [-0.4, -0.2) is 0 Å². The molecule has 1 heterocycles. The number of hydrogen-bond donors (Lipinski definition) is 0. The van der Waals surface area contributed by atoms with E-state index in [4.69, 9.17) is 4.42 Å². The van der Waals surface area contributed by atoms with Crippen LogP contribution in [0.15, 0.2) is 28.9 Å². The number of hydrogen-bond acceptors (Lipinski definition) is 1. The smallest absolute Gasteiger partial charge is 0.137 e. The third-order valence-electron chi connectivity index (χ3n) is 2.76. The minimum Gasteiger partial charge on any atom is -0.464 e. The van der Waals surface area contributed by atoms with Crippen LogP contribution in [0.1, 0.15) is 39.0 Å². The van der Waals surface area contributed by atoms with Gasteiger partial charge in [-0.05, 0) is 23.0 Å². The van der Waals surface area contributed by atoms with Crippen molar-refractivity contribution in [3.8, 4) is 0 Å². The number of allylic oxidation sites excluding steroid dienone is 3. The highest BCUT2D eigenvalue weighted by molar-refractivity contribution is 5.75. The third kappa shape index (κ3) is 1.92. The van der Waals surface area contributed by atoms with Gasteiger partial charge in [-0.3, -0.25) is 0 Å². The van der Waals surface area contributed by atoms with Crippen LogP contribution >= 0.6 is 0 Å². The summed E-state index contributed by atoms with van der Waals surface area (Å²) in [6.45, 7) is 8.88. The molecule has 0 amide bonds. The molecule has 1 nitrogen and oxygen atoms in total. The average molecular weight is 202 g/mol. The molecule has 0 fully saturated rings. The zero-order valence-electron chi connectivity index (χ0n) is 9.87. The first-order chi connectivity index (χ1) is 6.98. The van der Waals surface area contributed by atoms with Crippen LogP contribution in [0.3, 0.4) is 0 Å². The Labute approximate surface area is 91.5 Å². The minimum atomic E-state index is 0.132. The van der Waals surface area contributed by atoms with Gasteiger partial charge in [-0.2, -0.15) is 0 Å². The molecule has 0 bridgehead atoms. The molecule has 0 spiro atoms. The maximum Gasteiger partial charge on any atom is 0.137 e. The van der Waals surface area contributed by atoms with Gasteiger partial charge in [-0.15, -0.1) is 0 Å². The first kappa shape index (κ1) is 10.3. The second-order valence-corrected chi connectivity index (χ2v) is 5.25. The topological polar surface area (TPSA) is 13.1 Å². The Morgan fingerprint density at radius 1 is 1.27 bits per heavy atom. The van der Waals surface area contributed by atoms with Gasteiger partial charge in [0.25, 0.3) is 0 Å². The van der Waals surface area contributed by atoms with Crippen LogP contribution in [0.25, 0.3) is 11.6 Å². The standard InChI is InChI=1S/C14H18O/c1-10-5-6-11-7-8-15-13(11)12(9-10)14(2,3)4/h5-10H,1-4H3. The lowest BCUT2D eigenvalue weighted by molar-refractivity contribution is 0.502. The van der Waals surface area contributed by atoms with Crippen molar-refractivity contribution in [2.45, 2.75) is 27.7 Å². The first-order valence-electron chi connectivity index (χ1n) is 5.47. The normalized spacial score (nSPS) is 20.8. The van der Waals surface area contributed by atoms with Crippen LogP contribution in [0.5, 0.6) is 0 Å². The van der Waals surface area contributed by atoms with Crippen molar-refractivity contribution in [1.82, 2.24) is 0 Å². The summed E-state index contributed by atoms with van der Waals surface area (Å²) in [7, 11) is 0. The summed E-state index contributed by atoms with van der Waals surface area (Å²) in [5, 5.41) is 0. The molecule has 1 heteroatoms. The van der Waals surface area contributed by atoms with Crippen molar-refractivity contribution >= 4 is 11.6 Å². The molecule has 0 aromatic carbocycles. The molecular formula is C14H18O. The molecular weight excluding hydrogens is 184 g/mol. The summed E-state index contributed by atoms with van der Waals surface area (Å²) in [5.74, 6) is 1.50. The van der Waals surface area contributed by atoms with E-state index in [-0.39, 0.29) is 5.41 Å². The van der Waals surface area contributed by atoms with Crippen LogP contribution in [0, 0.1) is 11.3 Å². The van der Waals surface area contributed by atoms with Gasteiger partial charge >= 0.3 is 0 Å². The van der Waals surface area contributed by atoms with Gasteiger partial charge in [0.1, 0.15) is 5.76 Å². The minimum absolute atomic E-state index is 0.132. The SMILES string of the molecule is CC1C=Cc2ccoc2C(C(C)(C)C)=C1. The summed E-state index contributed by atoms with van der Waals surface area (Å²) in [6, 6.07) is 2.03. The lowest BCUT2D eigenvalue weighted by Gasteiger charge is -2.22. The Balaban J connectivity index is 2.57. The Morgan fingerprint density at radius 2 is 2.00 bits per heavy atom. The molecule has 0 N–H and O–H groups in total. The van der Waals surface area contributed by atoms with E-state index in [1.165, 1.54) is 11.1 Å². The molecule has 2 rings (SSSR count). The largest absolute Gasteiger partial charge is 0.464 e.